The number of rotatable bonds is 6. The van der Waals surface area contributed by atoms with Crippen LogP contribution in [-0.4, -0.2) is 23.0 Å². The van der Waals surface area contributed by atoms with Gasteiger partial charge in [-0.25, -0.2) is 9.37 Å². The topological polar surface area (TPSA) is 47.0 Å². The van der Waals surface area contributed by atoms with Gasteiger partial charge in [-0.2, -0.15) is 17.5 Å². The van der Waals surface area contributed by atoms with Gasteiger partial charge in [-0.3, -0.25) is 0 Å². The summed E-state index contributed by atoms with van der Waals surface area (Å²) in [6.45, 7) is 0.678. The molecule has 0 saturated heterocycles. The molecule has 1 saturated carbocycles. The Kier molecular flexibility index (Phi) is 4.48. The van der Waals surface area contributed by atoms with Gasteiger partial charge in [-0.05, 0) is 36.6 Å². The molecule has 0 bridgehead atoms. The van der Waals surface area contributed by atoms with Gasteiger partial charge in [0.1, 0.15) is 12.4 Å². The fourth-order valence-electron chi connectivity index (χ4n) is 2.54. The number of methoxy groups -OCH3 is 1. The van der Waals surface area contributed by atoms with E-state index in [0.29, 0.717) is 48.6 Å². The highest BCUT2D eigenvalue weighted by Gasteiger charge is 2.45. The van der Waals surface area contributed by atoms with Gasteiger partial charge in [0, 0.05) is 30.6 Å². The Morgan fingerprint density at radius 2 is 2.04 bits per heavy atom. The summed E-state index contributed by atoms with van der Waals surface area (Å²) in [7, 11) is 1.54. The van der Waals surface area contributed by atoms with Crippen molar-refractivity contribution in [2.24, 2.45) is 0 Å². The lowest BCUT2D eigenvalue weighted by Gasteiger charge is -2.18. The van der Waals surface area contributed by atoms with E-state index < -0.39 is 23.0 Å². The van der Waals surface area contributed by atoms with Gasteiger partial charge in [-0.1, -0.05) is 0 Å². The molecule has 9 heteroatoms. The molecule has 0 radical (unpaired) electrons. The average molecular weight is 361 g/mol. The highest BCUT2D eigenvalue weighted by molar-refractivity contribution is 7.09. The molecule has 4 nitrogen and oxygen atoms in total. The zero-order valence-electron chi connectivity index (χ0n) is 12.8. The van der Waals surface area contributed by atoms with Crippen LogP contribution in [0.5, 0.6) is 0 Å². The summed E-state index contributed by atoms with van der Waals surface area (Å²) in [6.07, 6.45) is -3.16. The lowest BCUT2D eigenvalue weighted by atomic mass is 9.94. The Bertz CT molecular complexity index is 728. The van der Waals surface area contributed by atoms with E-state index in [1.165, 1.54) is 13.2 Å². The maximum absolute atomic E-state index is 13.6. The number of ether oxygens (including phenoxy) is 1. The standard InChI is InChI=1S/C15H15F4N3OS/c1-23-7-12-21-13(24-22-12)20-8-14(2-3-14)9-4-10(15(17,18)19)6-11(16)5-9/h4-6H,2-3,7-8H2,1H3,(H,20,21,22). The van der Waals surface area contributed by atoms with E-state index in [1.807, 2.05) is 0 Å². The lowest BCUT2D eigenvalue weighted by molar-refractivity contribution is -0.137. The normalized spacial score (nSPS) is 16.2. The molecule has 0 aliphatic heterocycles. The number of alkyl halides is 3. The van der Waals surface area contributed by atoms with Crippen molar-refractivity contribution in [3.63, 3.8) is 0 Å². The molecule has 0 unspecified atom stereocenters. The van der Waals surface area contributed by atoms with Crippen molar-refractivity contribution in [2.45, 2.75) is 31.0 Å². The Balaban J connectivity index is 1.75. The predicted octanol–water partition coefficient (Wildman–Crippen LogP) is 3.99. The Morgan fingerprint density at radius 1 is 1.29 bits per heavy atom. The minimum Gasteiger partial charge on any atom is -0.377 e. The molecule has 1 fully saturated rings. The molecule has 1 aromatic heterocycles. The van der Waals surface area contributed by atoms with E-state index in [-0.39, 0.29) is 0 Å². The second-order valence-corrected chi connectivity index (χ2v) is 6.56. The molecular weight excluding hydrogens is 346 g/mol. The number of hydrogen-bond acceptors (Lipinski definition) is 5. The summed E-state index contributed by atoms with van der Waals surface area (Å²) in [5, 5.41) is 3.66. The zero-order valence-corrected chi connectivity index (χ0v) is 13.6. The van der Waals surface area contributed by atoms with Gasteiger partial charge < -0.3 is 10.1 Å². The van der Waals surface area contributed by atoms with Gasteiger partial charge in [-0.15, -0.1) is 0 Å². The fraction of sp³-hybridized carbons (Fsp3) is 0.467. The summed E-state index contributed by atoms with van der Waals surface area (Å²) in [6, 6.07) is 2.74. The van der Waals surface area contributed by atoms with E-state index in [4.69, 9.17) is 4.74 Å². The van der Waals surface area contributed by atoms with Crippen molar-refractivity contribution in [2.75, 3.05) is 19.0 Å². The molecule has 0 atom stereocenters. The van der Waals surface area contributed by atoms with Crippen LogP contribution in [0.4, 0.5) is 22.7 Å². The zero-order chi connectivity index (χ0) is 17.4. The number of anilines is 1. The van der Waals surface area contributed by atoms with E-state index in [0.717, 1.165) is 17.6 Å². The van der Waals surface area contributed by atoms with Crippen LogP contribution in [0, 0.1) is 5.82 Å². The van der Waals surface area contributed by atoms with E-state index in [9.17, 15) is 17.6 Å². The molecule has 1 aliphatic rings. The van der Waals surface area contributed by atoms with Crippen LogP contribution in [-0.2, 0) is 22.9 Å². The molecule has 130 valence electrons. The number of hydrogen-bond donors (Lipinski definition) is 1. The summed E-state index contributed by atoms with van der Waals surface area (Å²) in [5.74, 6) is -0.329. The average Bonchev–Trinajstić information content (AvgIpc) is 3.18. The first-order chi connectivity index (χ1) is 11.3. The van der Waals surface area contributed by atoms with Crippen LogP contribution < -0.4 is 5.32 Å². The number of nitrogens with zero attached hydrogens (tertiary/aromatic N) is 2. The molecular formula is C15H15F4N3OS. The lowest BCUT2D eigenvalue weighted by Crippen LogP contribution is -2.21. The van der Waals surface area contributed by atoms with E-state index in [2.05, 4.69) is 14.7 Å². The second-order valence-electron chi connectivity index (χ2n) is 5.81. The van der Waals surface area contributed by atoms with Gasteiger partial charge >= 0.3 is 6.18 Å². The number of nitrogens with one attached hydrogen (secondary N) is 1. The van der Waals surface area contributed by atoms with Crippen LogP contribution in [0.1, 0.15) is 29.8 Å². The van der Waals surface area contributed by atoms with Gasteiger partial charge in [0.05, 0.1) is 5.56 Å². The summed E-state index contributed by atoms with van der Waals surface area (Å²) in [5.41, 5.74) is -1.08. The SMILES string of the molecule is COCc1nsc(NCC2(c3cc(F)cc(C(F)(F)F)c3)CC2)n1. The third kappa shape index (κ3) is 3.67. The molecule has 1 aromatic carbocycles. The molecule has 3 rings (SSSR count). The van der Waals surface area contributed by atoms with E-state index >= 15 is 0 Å². The predicted molar refractivity (Wildman–Crippen MR) is 81.4 cm³/mol. The Hall–Kier alpha value is -1.74. The molecule has 0 spiro atoms. The molecule has 2 aromatic rings. The first-order valence-corrected chi connectivity index (χ1v) is 8.03. The largest absolute Gasteiger partial charge is 0.416 e. The van der Waals surface area contributed by atoms with Crippen molar-refractivity contribution >= 4 is 16.7 Å². The third-order valence-electron chi connectivity index (χ3n) is 4.01. The molecule has 1 aliphatic carbocycles. The minimum atomic E-state index is -4.56. The minimum absolute atomic E-state index is 0.294. The molecule has 1 heterocycles. The first-order valence-electron chi connectivity index (χ1n) is 7.26. The van der Waals surface area contributed by atoms with E-state index in [1.54, 1.807) is 0 Å². The molecule has 0 amide bonds. The van der Waals surface area contributed by atoms with Crippen molar-refractivity contribution < 1.29 is 22.3 Å². The van der Waals surface area contributed by atoms with Crippen molar-refractivity contribution in [1.29, 1.82) is 0 Å². The van der Waals surface area contributed by atoms with Crippen LogP contribution in [0.2, 0.25) is 0 Å². The van der Waals surface area contributed by atoms with Gasteiger partial charge in [0.15, 0.2) is 5.82 Å². The van der Waals surface area contributed by atoms with Gasteiger partial charge in [0.2, 0.25) is 5.13 Å². The molecule has 24 heavy (non-hydrogen) atoms. The van der Waals surface area contributed by atoms with Crippen LogP contribution in [0.3, 0.4) is 0 Å². The van der Waals surface area contributed by atoms with Crippen molar-refractivity contribution in [1.82, 2.24) is 9.36 Å². The van der Waals surface area contributed by atoms with Gasteiger partial charge in [0.25, 0.3) is 0 Å². The summed E-state index contributed by atoms with van der Waals surface area (Å²) >= 11 is 1.16. The summed E-state index contributed by atoms with van der Waals surface area (Å²) in [4.78, 5) is 4.22. The first kappa shape index (κ1) is 17.1. The van der Waals surface area contributed by atoms with Crippen LogP contribution >= 0.6 is 11.5 Å². The smallest absolute Gasteiger partial charge is 0.377 e. The monoisotopic (exact) mass is 361 g/mol. The maximum Gasteiger partial charge on any atom is 0.416 e. The number of halogens is 4. The fourth-order valence-corrected chi connectivity index (χ4v) is 3.10. The van der Waals surface area contributed by atoms with Crippen LogP contribution in [0.15, 0.2) is 18.2 Å². The highest BCUT2D eigenvalue weighted by atomic mass is 32.1. The molecule has 1 N–H and O–H groups in total. The Morgan fingerprint density at radius 3 is 2.67 bits per heavy atom. The maximum atomic E-state index is 13.6. The van der Waals surface area contributed by atoms with Crippen molar-refractivity contribution in [3.8, 4) is 0 Å². The number of aromatic nitrogens is 2. The highest BCUT2D eigenvalue weighted by Crippen LogP contribution is 2.49. The Labute approximate surface area is 140 Å². The van der Waals surface area contributed by atoms with Crippen LogP contribution in [0.25, 0.3) is 0 Å². The summed E-state index contributed by atoms with van der Waals surface area (Å²) < 4.78 is 61.3. The third-order valence-corrected chi connectivity index (χ3v) is 4.72. The second kappa shape index (κ2) is 6.29. The van der Waals surface area contributed by atoms with Crippen molar-refractivity contribution in [3.05, 3.63) is 41.0 Å². The number of benzene rings is 1. The quantitative estimate of drug-likeness (QED) is 0.791.